The monoisotopic (exact) mass is 263 g/mol. The summed E-state index contributed by atoms with van der Waals surface area (Å²) in [6.07, 6.45) is 3.36. The van der Waals surface area contributed by atoms with Gasteiger partial charge in [0.15, 0.2) is 17.3 Å². The van der Waals surface area contributed by atoms with Gasteiger partial charge in [-0.2, -0.15) is 5.10 Å². The number of hydrogen-bond acceptors (Lipinski definition) is 6. The summed E-state index contributed by atoms with van der Waals surface area (Å²) >= 11 is 0. The third-order valence-corrected chi connectivity index (χ3v) is 2.59. The lowest BCUT2D eigenvalue weighted by Gasteiger charge is -2.11. The van der Waals surface area contributed by atoms with E-state index in [4.69, 9.17) is 9.47 Å². The van der Waals surface area contributed by atoms with Gasteiger partial charge in [0.25, 0.3) is 0 Å². The van der Waals surface area contributed by atoms with Crippen LogP contribution in [-0.2, 0) is 20.1 Å². The molecule has 19 heavy (non-hydrogen) atoms. The molecule has 102 valence electrons. The Hall–Kier alpha value is -2.15. The Kier molecular flexibility index (Phi) is 4.30. The summed E-state index contributed by atoms with van der Waals surface area (Å²) in [6.45, 7) is 1.13. The first-order valence-corrected chi connectivity index (χ1v) is 5.85. The molecule has 2 rings (SSSR count). The molecular formula is C12H17N5O2. The van der Waals surface area contributed by atoms with Crippen molar-refractivity contribution in [2.75, 3.05) is 14.2 Å². The predicted molar refractivity (Wildman–Crippen MR) is 68.9 cm³/mol. The van der Waals surface area contributed by atoms with E-state index in [9.17, 15) is 0 Å². The summed E-state index contributed by atoms with van der Waals surface area (Å²) in [5, 5.41) is 7.41. The van der Waals surface area contributed by atoms with Gasteiger partial charge in [-0.3, -0.25) is 9.67 Å². The number of aromatic nitrogens is 4. The number of nitrogens with zero attached hydrogens (tertiary/aromatic N) is 4. The van der Waals surface area contributed by atoms with E-state index in [0.717, 1.165) is 11.5 Å². The van der Waals surface area contributed by atoms with E-state index < -0.39 is 0 Å². The maximum Gasteiger partial charge on any atom is 0.183 e. The molecule has 7 heteroatoms. The standard InChI is InChI=1S/C12H17N5O2/c1-17-8-15-11(16-17)7-13-6-9-12(19-3)10(18-2)4-5-14-9/h4-5,8,13H,6-7H2,1-3H3. The van der Waals surface area contributed by atoms with Crippen LogP contribution in [0.15, 0.2) is 18.6 Å². The Morgan fingerprint density at radius 3 is 2.68 bits per heavy atom. The van der Waals surface area contributed by atoms with Crippen molar-refractivity contribution in [2.24, 2.45) is 7.05 Å². The quantitative estimate of drug-likeness (QED) is 0.819. The number of ether oxygens (including phenoxy) is 2. The van der Waals surface area contributed by atoms with Gasteiger partial charge < -0.3 is 14.8 Å². The number of nitrogens with one attached hydrogen (secondary N) is 1. The predicted octanol–water partition coefficient (Wildman–Crippen LogP) is 0.517. The van der Waals surface area contributed by atoms with Crippen LogP contribution >= 0.6 is 0 Å². The molecule has 2 aromatic rings. The lowest BCUT2D eigenvalue weighted by molar-refractivity contribution is 0.348. The fraction of sp³-hybridized carbons (Fsp3) is 0.417. The van der Waals surface area contributed by atoms with Crippen molar-refractivity contribution in [3.8, 4) is 11.5 Å². The van der Waals surface area contributed by atoms with Crippen molar-refractivity contribution in [1.29, 1.82) is 0 Å². The van der Waals surface area contributed by atoms with Crippen LogP contribution in [0, 0.1) is 0 Å². The SMILES string of the molecule is COc1ccnc(CNCc2ncn(C)n2)c1OC. The molecule has 0 spiro atoms. The summed E-state index contributed by atoms with van der Waals surface area (Å²) in [6, 6.07) is 1.77. The molecular weight excluding hydrogens is 246 g/mol. The summed E-state index contributed by atoms with van der Waals surface area (Å²) in [5.41, 5.74) is 0.790. The molecule has 0 unspecified atom stereocenters. The molecule has 0 bridgehead atoms. The van der Waals surface area contributed by atoms with E-state index in [2.05, 4.69) is 20.4 Å². The first kappa shape index (κ1) is 13.3. The fourth-order valence-electron chi connectivity index (χ4n) is 1.73. The molecule has 0 aromatic carbocycles. The first-order valence-electron chi connectivity index (χ1n) is 5.85. The van der Waals surface area contributed by atoms with Gasteiger partial charge in [0, 0.05) is 25.9 Å². The smallest absolute Gasteiger partial charge is 0.183 e. The van der Waals surface area contributed by atoms with Crippen molar-refractivity contribution in [3.63, 3.8) is 0 Å². The van der Waals surface area contributed by atoms with E-state index in [1.165, 1.54) is 0 Å². The minimum Gasteiger partial charge on any atom is -0.493 e. The highest BCUT2D eigenvalue weighted by molar-refractivity contribution is 5.42. The van der Waals surface area contributed by atoms with Gasteiger partial charge in [0.2, 0.25) is 0 Å². The summed E-state index contributed by atoms with van der Waals surface area (Å²) in [5.74, 6) is 2.06. The van der Waals surface area contributed by atoms with E-state index in [1.807, 2.05) is 7.05 Å². The van der Waals surface area contributed by atoms with Crippen LogP contribution in [0.3, 0.4) is 0 Å². The topological polar surface area (TPSA) is 74.1 Å². The number of methoxy groups -OCH3 is 2. The van der Waals surface area contributed by atoms with Crippen molar-refractivity contribution >= 4 is 0 Å². The zero-order chi connectivity index (χ0) is 13.7. The minimum absolute atomic E-state index is 0.554. The van der Waals surface area contributed by atoms with Crippen LogP contribution in [0.5, 0.6) is 11.5 Å². The highest BCUT2D eigenvalue weighted by atomic mass is 16.5. The third kappa shape index (κ3) is 3.19. The average molecular weight is 263 g/mol. The van der Waals surface area contributed by atoms with Crippen molar-refractivity contribution in [1.82, 2.24) is 25.1 Å². The lowest BCUT2D eigenvalue weighted by Crippen LogP contribution is -2.16. The molecule has 0 atom stereocenters. The summed E-state index contributed by atoms with van der Waals surface area (Å²) < 4.78 is 12.2. The molecule has 0 saturated heterocycles. The minimum atomic E-state index is 0.554. The second kappa shape index (κ2) is 6.14. The summed E-state index contributed by atoms with van der Waals surface area (Å²) in [7, 11) is 5.04. The average Bonchev–Trinajstić information content (AvgIpc) is 2.84. The highest BCUT2D eigenvalue weighted by Gasteiger charge is 2.10. The molecule has 1 N–H and O–H groups in total. The largest absolute Gasteiger partial charge is 0.493 e. The van der Waals surface area contributed by atoms with Crippen molar-refractivity contribution in [2.45, 2.75) is 13.1 Å². The number of hydrogen-bond donors (Lipinski definition) is 1. The van der Waals surface area contributed by atoms with E-state index in [0.29, 0.717) is 24.6 Å². The second-order valence-corrected chi connectivity index (χ2v) is 3.93. The third-order valence-electron chi connectivity index (χ3n) is 2.59. The zero-order valence-electron chi connectivity index (χ0n) is 11.3. The van der Waals surface area contributed by atoms with Crippen LogP contribution in [0.1, 0.15) is 11.5 Å². The maximum absolute atomic E-state index is 5.31. The Labute approximate surface area is 111 Å². The Morgan fingerprint density at radius 1 is 1.21 bits per heavy atom. The zero-order valence-corrected chi connectivity index (χ0v) is 11.3. The molecule has 2 aromatic heterocycles. The maximum atomic E-state index is 5.31. The Balaban J connectivity index is 1.99. The van der Waals surface area contributed by atoms with E-state index >= 15 is 0 Å². The molecule has 0 amide bonds. The number of pyridine rings is 1. The number of rotatable bonds is 6. The molecule has 0 fully saturated rings. The van der Waals surface area contributed by atoms with Crippen LogP contribution < -0.4 is 14.8 Å². The van der Waals surface area contributed by atoms with Crippen LogP contribution in [0.2, 0.25) is 0 Å². The van der Waals surface area contributed by atoms with E-state index in [1.54, 1.807) is 37.5 Å². The first-order chi connectivity index (χ1) is 9.24. The molecule has 2 heterocycles. The van der Waals surface area contributed by atoms with Gasteiger partial charge in [0.05, 0.1) is 26.5 Å². The van der Waals surface area contributed by atoms with Gasteiger partial charge in [0.1, 0.15) is 6.33 Å². The molecule has 0 aliphatic carbocycles. The van der Waals surface area contributed by atoms with Crippen LogP contribution in [-0.4, -0.2) is 34.0 Å². The molecule has 0 saturated carbocycles. The van der Waals surface area contributed by atoms with Crippen LogP contribution in [0.4, 0.5) is 0 Å². The highest BCUT2D eigenvalue weighted by Crippen LogP contribution is 2.28. The van der Waals surface area contributed by atoms with Crippen molar-refractivity contribution in [3.05, 3.63) is 30.1 Å². The van der Waals surface area contributed by atoms with Crippen molar-refractivity contribution < 1.29 is 9.47 Å². The summed E-state index contributed by atoms with van der Waals surface area (Å²) in [4.78, 5) is 8.42. The van der Waals surface area contributed by atoms with Crippen LogP contribution in [0.25, 0.3) is 0 Å². The van der Waals surface area contributed by atoms with Gasteiger partial charge >= 0.3 is 0 Å². The second-order valence-electron chi connectivity index (χ2n) is 3.93. The fourth-order valence-corrected chi connectivity index (χ4v) is 1.73. The van der Waals surface area contributed by atoms with Gasteiger partial charge in [-0.1, -0.05) is 0 Å². The Morgan fingerprint density at radius 2 is 2.05 bits per heavy atom. The molecule has 7 nitrogen and oxygen atoms in total. The number of aryl methyl sites for hydroxylation is 1. The normalized spacial score (nSPS) is 10.5. The van der Waals surface area contributed by atoms with Gasteiger partial charge in [-0.15, -0.1) is 0 Å². The van der Waals surface area contributed by atoms with Gasteiger partial charge in [-0.25, -0.2) is 4.98 Å². The molecule has 0 aliphatic heterocycles. The molecule has 0 radical (unpaired) electrons. The lowest BCUT2D eigenvalue weighted by atomic mass is 10.3. The van der Waals surface area contributed by atoms with E-state index in [-0.39, 0.29) is 0 Å². The Bertz CT molecular complexity index is 541. The van der Waals surface area contributed by atoms with Gasteiger partial charge in [-0.05, 0) is 0 Å². The molecule has 0 aliphatic rings.